The predicted molar refractivity (Wildman–Crippen MR) is 74.2 cm³/mol. The molecule has 0 unspecified atom stereocenters. The van der Waals surface area contributed by atoms with Crippen molar-refractivity contribution in [2.75, 3.05) is 6.61 Å². The molecule has 0 fully saturated rings. The lowest BCUT2D eigenvalue weighted by molar-refractivity contribution is 0.0697. The molecular weight excluding hydrogens is 240 g/mol. The van der Waals surface area contributed by atoms with Gasteiger partial charge in [0.25, 0.3) is 0 Å². The fraction of sp³-hybridized carbons (Fsp3) is 0.188. The summed E-state index contributed by atoms with van der Waals surface area (Å²) in [5.74, 6) is -0.911. The Morgan fingerprint density at radius 3 is 2.68 bits per heavy atom. The monoisotopic (exact) mass is 256 g/mol. The normalized spacial score (nSPS) is 10.4. The number of rotatable bonds is 5. The van der Waals surface area contributed by atoms with Gasteiger partial charge in [-0.05, 0) is 35.7 Å². The minimum atomic E-state index is -0.911. The Hall–Kier alpha value is -2.13. The van der Waals surface area contributed by atoms with Crippen molar-refractivity contribution >= 4 is 5.97 Å². The van der Waals surface area contributed by atoms with Crippen molar-refractivity contribution in [2.24, 2.45) is 0 Å². The van der Waals surface area contributed by atoms with Gasteiger partial charge in [-0.1, -0.05) is 36.4 Å². The lowest BCUT2D eigenvalue weighted by Crippen LogP contribution is -1.99. The third kappa shape index (κ3) is 3.20. The van der Waals surface area contributed by atoms with Crippen LogP contribution in [0.15, 0.2) is 48.5 Å². The van der Waals surface area contributed by atoms with E-state index in [4.69, 9.17) is 4.74 Å². The van der Waals surface area contributed by atoms with Crippen molar-refractivity contribution in [3.63, 3.8) is 0 Å². The van der Waals surface area contributed by atoms with Gasteiger partial charge in [-0.2, -0.15) is 0 Å². The first-order valence-electron chi connectivity index (χ1n) is 6.21. The maximum atomic E-state index is 11.2. The fourth-order valence-corrected chi connectivity index (χ4v) is 1.97. The van der Waals surface area contributed by atoms with Crippen LogP contribution in [0.4, 0.5) is 0 Å². The van der Waals surface area contributed by atoms with Gasteiger partial charge < -0.3 is 9.84 Å². The molecule has 1 N–H and O–H groups in total. The molecule has 0 bridgehead atoms. The summed E-state index contributed by atoms with van der Waals surface area (Å²) in [6.07, 6.45) is 0. The van der Waals surface area contributed by atoms with E-state index < -0.39 is 5.97 Å². The van der Waals surface area contributed by atoms with Crippen LogP contribution in [0.5, 0.6) is 0 Å². The van der Waals surface area contributed by atoms with E-state index in [1.807, 2.05) is 43.3 Å². The van der Waals surface area contributed by atoms with Crippen LogP contribution >= 0.6 is 0 Å². The van der Waals surface area contributed by atoms with Crippen LogP contribution in [0.3, 0.4) is 0 Å². The van der Waals surface area contributed by atoms with Crippen molar-refractivity contribution in [3.05, 3.63) is 59.7 Å². The Balaban J connectivity index is 2.39. The van der Waals surface area contributed by atoms with Gasteiger partial charge in [-0.3, -0.25) is 0 Å². The molecule has 19 heavy (non-hydrogen) atoms. The van der Waals surface area contributed by atoms with Gasteiger partial charge in [0.05, 0.1) is 12.2 Å². The van der Waals surface area contributed by atoms with E-state index in [0.717, 1.165) is 16.7 Å². The molecule has 98 valence electrons. The Kier molecular flexibility index (Phi) is 4.31. The average molecular weight is 256 g/mol. The third-order valence-corrected chi connectivity index (χ3v) is 2.87. The number of ether oxygens (including phenoxy) is 1. The predicted octanol–water partition coefficient (Wildman–Crippen LogP) is 3.59. The maximum absolute atomic E-state index is 11.2. The molecule has 0 amide bonds. The second-order valence-electron chi connectivity index (χ2n) is 4.19. The summed E-state index contributed by atoms with van der Waals surface area (Å²) in [7, 11) is 0. The molecule has 2 rings (SSSR count). The number of benzene rings is 2. The van der Waals surface area contributed by atoms with E-state index >= 15 is 0 Å². The van der Waals surface area contributed by atoms with Gasteiger partial charge in [-0.15, -0.1) is 0 Å². The van der Waals surface area contributed by atoms with Gasteiger partial charge >= 0.3 is 5.97 Å². The van der Waals surface area contributed by atoms with E-state index in [9.17, 15) is 9.90 Å². The highest BCUT2D eigenvalue weighted by atomic mass is 16.5. The summed E-state index contributed by atoms with van der Waals surface area (Å²) < 4.78 is 5.37. The summed E-state index contributed by atoms with van der Waals surface area (Å²) in [4.78, 5) is 11.2. The Morgan fingerprint density at radius 1 is 1.16 bits per heavy atom. The minimum Gasteiger partial charge on any atom is -0.478 e. The number of carboxylic acid groups (broad SMARTS) is 1. The molecule has 0 atom stereocenters. The number of hydrogen-bond donors (Lipinski definition) is 1. The molecule has 0 saturated carbocycles. The number of carbonyl (C=O) groups is 1. The van der Waals surface area contributed by atoms with Gasteiger partial charge in [0.2, 0.25) is 0 Å². The molecule has 0 aliphatic carbocycles. The molecule has 0 aliphatic heterocycles. The highest BCUT2D eigenvalue weighted by Gasteiger charge is 2.10. The lowest BCUT2D eigenvalue weighted by atomic mass is 9.98. The van der Waals surface area contributed by atoms with Crippen molar-refractivity contribution in [1.82, 2.24) is 0 Å². The number of aromatic carboxylic acids is 1. The van der Waals surface area contributed by atoms with E-state index in [1.54, 1.807) is 12.1 Å². The zero-order valence-corrected chi connectivity index (χ0v) is 10.8. The molecule has 3 nitrogen and oxygen atoms in total. The highest BCUT2D eigenvalue weighted by Crippen LogP contribution is 2.24. The van der Waals surface area contributed by atoms with Crippen molar-refractivity contribution in [2.45, 2.75) is 13.5 Å². The van der Waals surface area contributed by atoms with Crippen LogP contribution in [0, 0.1) is 0 Å². The first kappa shape index (κ1) is 13.3. The van der Waals surface area contributed by atoms with Crippen molar-refractivity contribution < 1.29 is 14.6 Å². The number of carboxylic acids is 1. The largest absolute Gasteiger partial charge is 0.478 e. The van der Waals surface area contributed by atoms with Gasteiger partial charge in [0.15, 0.2) is 0 Å². The standard InChI is InChI=1S/C16H16O3/c1-2-19-11-12-6-5-7-13(10-12)14-8-3-4-9-15(14)16(17)18/h3-10H,2,11H2,1H3,(H,17,18). The maximum Gasteiger partial charge on any atom is 0.336 e. The van der Waals surface area contributed by atoms with Crippen LogP contribution in [-0.2, 0) is 11.3 Å². The second kappa shape index (κ2) is 6.16. The van der Waals surface area contributed by atoms with Gasteiger partial charge in [0, 0.05) is 6.61 Å². The Morgan fingerprint density at radius 2 is 1.95 bits per heavy atom. The highest BCUT2D eigenvalue weighted by molar-refractivity contribution is 5.96. The Bertz CT molecular complexity index is 576. The molecule has 3 heteroatoms. The van der Waals surface area contributed by atoms with Crippen molar-refractivity contribution in [3.8, 4) is 11.1 Å². The van der Waals surface area contributed by atoms with Crippen LogP contribution < -0.4 is 0 Å². The van der Waals surface area contributed by atoms with E-state index in [2.05, 4.69) is 0 Å². The van der Waals surface area contributed by atoms with Crippen molar-refractivity contribution in [1.29, 1.82) is 0 Å². The first-order valence-corrected chi connectivity index (χ1v) is 6.21. The van der Waals surface area contributed by atoms with E-state index in [-0.39, 0.29) is 0 Å². The molecule has 0 heterocycles. The summed E-state index contributed by atoms with van der Waals surface area (Å²) in [5, 5.41) is 9.21. The SMILES string of the molecule is CCOCc1cccc(-c2ccccc2C(=O)O)c1. The topological polar surface area (TPSA) is 46.5 Å². The van der Waals surface area contributed by atoms with Crippen LogP contribution in [0.1, 0.15) is 22.8 Å². The van der Waals surface area contributed by atoms with E-state index in [1.165, 1.54) is 0 Å². The molecule has 2 aromatic carbocycles. The molecule has 0 aromatic heterocycles. The smallest absolute Gasteiger partial charge is 0.336 e. The summed E-state index contributed by atoms with van der Waals surface area (Å²) >= 11 is 0. The van der Waals surface area contributed by atoms with Crippen LogP contribution in [0.25, 0.3) is 11.1 Å². The second-order valence-corrected chi connectivity index (χ2v) is 4.19. The lowest BCUT2D eigenvalue weighted by Gasteiger charge is -2.08. The van der Waals surface area contributed by atoms with Gasteiger partial charge in [0.1, 0.15) is 0 Å². The zero-order chi connectivity index (χ0) is 13.7. The number of hydrogen-bond acceptors (Lipinski definition) is 2. The summed E-state index contributed by atoms with van der Waals surface area (Å²) in [5.41, 5.74) is 2.99. The molecular formula is C16H16O3. The molecule has 0 aliphatic rings. The Labute approximate surface area is 112 Å². The molecule has 0 saturated heterocycles. The van der Waals surface area contributed by atoms with Gasteiger partial charge in [-0.25, -0.2) is 4.79 Å². The summed E-state index contributed by atoms with van der Waals surface area (Å²) in [6, 6.07) is 14.8. The molecule has 0 spiro atoms. The van der Waals surface area contributed by atoms with E-state index in [0.29, 0.717) is 18.8 Å². The minimum absolute atomic E-state index is 0.316. The fourth-order valence-electron chi connectivity index (χ4n) is 1.97. The zero-order valence-electron chi connectivity index (χ0n) is 10.8. The van der Waals surface area contributed by atoms with Crippen LogP contribution in [-0.4, -0.2) is 17.7 Å². The molecule has 2 aromatic rings. The third-order valence-electron chi connectivity index (χ3n) is 2.87. The molecule has 0 radical (unpaired) electrons. The summed E-state index contributed by atoms with van der Waals surface area (Å²) in [6.45, 7) is 3.15. The quantitative estimate of drug-likeness (QED) is 0.889. The first-order chi connectivity index (χ1) is 9.22. The average Bonchev–Trinajstić information content (AvgIpc) is 2.45. The van der Waals surface area contributed by atoms with Crippen LogP contribution in [0.2, 0.25) is 0 Å².